The maximum atomic E-state index is 12.1. The Hall–Kier alpha value is -0.610. The van der Waals surface area contributed by atoms with Crippen molar-refractivity contribution in [3.8, 4) is 0 Å². The third-order valence-corrected chi connectivity index (χ3v) is 4.64. The van der Waals surface area contributed by atoms with Gasteiger partial charge in [0.2, 0.25) is 5.91 Å². The van der Waals surface area contributed by atoms with Crippen molar-refractivity contribution in [2.75, 3.05) is 19.6 Å². The standard InChI is InChI=1S/C17H35N3O/c1-5-20(6-2)13-9-10-14(3)18-15(4)17(21)19-16-11-7-8-12-16/h14-16,18H,5-13H2,1-4H3,(H,19,21). The summed E-state index contributed by atoms with van der Waals surface area (Å²) in [7, 11) is 0. The zero-order valence-electron chi connectivity index (χ0n) is 14.5. The lowest BCUT2D eigenvalue weighted by molar-refractivity contribution is -0.123. The summed E-state index contributed by atoms with van der Waals surface area (Å²) in [5.41, 5.74) is 0. The second-order valence-electron chi connectivity index (χ2n) is 6.45. The van der Waals surface area contributed by atoms with Gasteiger partial charge in [-0.05, 0) is 59.2 Å². The molecule has 0 radical (unpaired) electrons. The first-order valence-corrected chi connectivity index (χ1v) is 8.85. The van der Waals surface area contributed by atoms with Crippen LogP contribution in [-0.4, -0.2) is 48.6 Å². The SMILES string of the molecule is CCN(CC)CCCC(C)NC(C)C(=O)NC1CCCC1. The van der Waals surface area contributed by atoms with Gasteiger partial charge in [0.15, 0.2) is 0 Å². The van der Waals surface area contributed by atoms with E-state index >= 15 is 0 Å². The van der Waals surface area contributed by atoms with Crippen molar-refractivity contribution in [2.45, 2.75) is 84.3 Å². The van der Waals surface area contributed by atoms with Crippen LogP contribution in [0, 0.1) is 0 Å². The molecule has 4 nitrogen and oxygen atoms in total. The van der Waals surface area contributed by atoms with Gasteiger partial charge >= 0.3 is 0 Å². The molecule has 0 spiro atoms. The van der Waals surface area contributed by atoms with E-state index in [1.807, 2.05) is 6.92 Å². The van der Waals surface area contributed by atoms with Crippen LogP contribution in [0.4, 0.5) is 0 Å². The molecule has 1 aliphatic carbocycles. The fourth-order valence-electron chi connectivity index (χ4n) is 3.14. The molecule has 0 saturated heterocycles. The van der Waals surface area contributed by atoms with Gasteiger partial charge in [-0.1, -0.05) is 26.7 Å². The van der Waals surface area contributed by atoms with Crippen LogP contribution in [0.1, 0.15) is 66.2 Å². The Kier molecular flexibility index (Phi) is 8.93. The van der Waals surface area contributed by atoms with Gasteiger partial charge in [0, 0.05) is 12.1 Å². The largest absolute Gasteiger partial charge is 0.352 e. The predicted octanol–water partition coefficient (Wildman–Crippen LogP) is 2.53. The molecule has 0 heterocycles. The number of carbonyl (C=O) groups is 1. The third kappa shape index (κ3) is 7.28. The molecule has 0 aromatic carbocycles. The Labute approximate surface area is 131 Å². The normalized spacial score (nSPS) is 18.9. The van der Waals surface area contributed by atoms with E-state index in [0.29, 0.717) is 12.1 Å². The molecular formula is C17H35N3O. The number of nitrogens with zero attached hydrogens (tertiary/aromatic N) is 1. The van der Waals surface area contributed by atoms with Crippen LogP contribution in [0.25, 0.3) is 0 Å². The van der Waals surface area contributed by atoms with E-state index in [0.717, 1.165) is 38.9 Å². The van der Waals surface area contributed by atoms with Crippen molar-refractivity contribution in [1.82, 2.24) is 15.5 Å². The highest BCUT2D eigenvalue weighted by Gasteiger charge is 2.21. The van der Waals surface area contributed by atoms with Gasteiger partial charge in [0.05, 0.1) is 6.04 Å². The smallest absolute Gasteiger partial charge is 0.237 e. The molecule has 2 N–H and O–H groups in total. The molecule has 0 aromatic rings. The van der Waals surface area contributed by atoms with Gasteiger partial charge < -0.3 is 15.5 Å². The van der Waals surface area contributed by atoms with E-state index in [1.165, 1.54) is 19.3 Å². The summed E-state index contributed by atoms with van der Waals surface area (Å²) in [4.78, 5) is 14.6. The highest BCUT2D eigenvalue weighted by Crippen LogP contribution is 2.17. The molecule has 1 rings (SSSR count). The molecule has 21 heavy (non-hydrogen) atoms. The molecule has 1 saturated carbocycles. The summed E-state index contributed by atoms with van der Waals surface area (Å²) in [5.74, 6) is 0.164. The topological polar surface area (TPSA) is 44.4 Å². The maximum absolute atomic E-state index is 12.1. The van der Waals surface area contributed by atoms with Crippen LogP contribution in [0.2, 0.25) is 0 Å². The summed E-state index contributed by atoms with van der Waals surface area (Å²) in [6.07, 6.45) is 7.13. The second-order valence-corrected chi connectivity index (χ2v) is 6.45. The Balaban J connectivity index is 2.16. The van der Waals surface area contributed by atoms with E-state index < -0.39 is 0 Å². The molecule has 1 fully saturated rings. The van der Waals surface area contributed by atoms with Crippen LogP contribution in [0.3, 0.4) is 0 Å². The fraction of sp³-hybridized carbons (Fsp3) is 0.941. The summed E-state index contributed by atoms with van der Waals surface area (Å²) in [6.45, 7) is 12.0. The lowest BCUT2D eigenvalue weighted by Crippen LogP contribution is -2.48. The molecule has 4 heteroatoms. The van der Waals surface area contributed by atoms with E-state index in [-0.39, 0.29) is 11.9 Å². The van der Waals surface area contributed by atoms with E-state index in [4.69, 9.17) is 0 Å². The van der Waals surface area contributed by atoms with Crippen LogP contribution in [-0.2, 0) is 4.79 Å². The fourth-order valence-corrected chi connectivity index (χ4v) is 3.14. The lowest BCUT2D eigenvalue weighted by atomic mass is 10.1. The molecule has 0 aromatic heterocycles. The van der Waals surface area contributed by atoms with Crippen molar-refractivity contribution in [1.29, 1.82) is 0 Å². The lowest BCUT2D eigenvalue weighted by Gasteiger charge is -2.23. The first-order valence-electron chi connectivity index (χ1n) is 8.85. The van der Waals surface area contributed by atoms with E-state index in [1.54, 1.807) is 0 Å². The number of carbonyl (C=O) groups excluding carboxylic acids is 1. The van der Waals surface area contributed by atoms with Crippen LogP contribution >= 0.6 is 0 Å². The van der Waals surface area contributed by atoms with Gasteiger partial charge in [-0.25, -0.2) is 0 Å². The van der Waals surface area contributed by atoms with Crippen molar-refractivity contribution in [2.24, 2.45) is 0 Å². The quantitative estimate of drug-likeness (QED) is 0.651. The molecule has 2 atom stereocenters. The van der Waals surface area contributed by atoms with Crippen LogP contribution in [0.5, 0.6) is 0 Å². The summed E-state index contributed by atoms with van der Waals surface area (Å²) >= 11 is 0. The maximum Gasteiger partial charge on any atom is 0.237 e. The van der Waals surface area contributed by atoms with Crippen molar-refractivity contribution in [3.05, 3.63) is 0 Å². The summed E-state index contributed by atoms with van der Waals surface area (Å²) in [6, 6.07) is 0.721. The summed E-state index contributed by atoms with van der Waals surface area (Å²) in [5, 5.41) is 6.60. The van der Waals surface area contributed by atoms with Crippen molar-refractivity contribution < 1.29 is 4.79 Å². The summed E-state index contributed by atoms with van der Waals surface area (Å²) < 4.78 is 0. The molecule has 124 valence electrons. The minimum Gasteiger partial charge on any atom is -0.352 e. The first-order chi connectivity index (χ1) is 10.1. The molecule has 2 unspecified atom stereocenters. The number of amides is 1. The number of nitrogens with one attached hydrogen (secondary N) is 2. The first kappa shape index (κ1) is 18.4. The highest BCUT2D eigenvalue weighted by atomic mass is 16.2. The van der Waals surface area contributed by atoms with Gasteiger partial charge in [-0.3, -0.25) is 4.79 Å². The minimum absolute atomic E-state index is 0.0888. The molecule has 1 aliphatic rings. The Morgan fingerprint density at radius 3 is 2.38 bits per heavy atom. The molecular weight excluding hydrogens is 262 g/mol. The van der Waals surface area contributed by atoms with Gasteiger partial charge in [-0.15, -0.1) is 0 Å². The van der Waals surface area contributed by atoms with Crippen molar-refractivity contribution in [3.63, 3.8) is 0 Å². The minimum atomic E-state index is -0.0888. The molecule has 1 amide bonds. The second kappa shape index (κ2) is 10.2. The van der Waals surface area contributed by atoms with E-state index in [2.05, 4.69) is 36.3 Å². The van der Waals surface area contributed by atoms with E-state index in [9.17, 15) is 4.79 Å². The molecule has 0 aliphatic heterocycles. The average molecular weight is 297 g/mol. The van der Waals surface area contributed by atoms with Gasteiger partial charge in [0.25, 0.3) is 0 Å². The molecule has 0 bridgehead atoms. The Bertz CT molecular complexity index is 286. The van der Waals surface area contributed by atoms with Crippen molar-refractivity contribution >= 4 is 5.91 Å². The monoisotopic (exact) mass is 297 g/mol. The zero-order chi connectivity index (χ0) is 15.7. The Morgan fingerprint density at radius 2 is 1.81 bits per heavy atom. The third-order valence-electron chi connectivity index (χ3n) is 4.64. The number of rotatable bonds is 10. The predicted molar refractivity (Wildman–Crippen MR) is 89.5 cm³/mol. The average Bonchev–Trinajstić information content (AvgIpc) is 2.96. The van der Waals surface area contributed by atoms with Gasteiger partial charge in [0.1, 0.15) is 0 Å². The van der Waals surface area contributed by atoms with Crippen LogP contribution in [0.15, 0.2) is 0 Å². The Morgan fingerprint density at radius 1 is 1.19 bits per heavy atom. The van der Waals surface area contributed by atoms with Gasteiger partial charge in [-0.2, -0.15) is 0 Å². The highest BCUT2D eigenvalue weighted by molar-refractivity contribution is 5.81. The number of hydrogen-bond donors (Lipinski definition) is 2. The van der Waals surface area contributed by atoms with Crippen LogP contribution < -0.4 is 10.6 Å². The number of hydrogen-bond acceptors (Lipinski definition) is 3. The zero-order valence-corrected chi connectivity index (χ0v) is 14.5.